The average Bonchev–Trinajstić information content (AvgIpc) is 3.25. The standard InChI is InChI=1S/C22H25ClN6O2S/c1-12-14(19(23)28(4)27-12)11-24-13-5-6-17-16(9-13)29(7-8-31-17)21-25-15-10-22(2,3)26-20(30)18(15)32-21/h5-6,9,24H,7-8,10-11H2,1-4H3,(H,26,30). The van der Waals surface area contributed by atoms with Crippen LogP contribution >= 0.6 is 22.9 Å². The Morgan fingerprint density at radius 2 is 2.19 bits per heavy atom. The van der Waals surface area contributed by atoms with Crippen molar-refractivity contribution in [2.45, 2.75) is 39.3 Å². The molecule has 2 N–H and O–H groups in total. The van der Waals surface area contributed by atoms with Gasteiger partial charge in [0, 0.05) is 36.8 Å². The minimum absolute atomic E-state index is 0.0485. The van der Waals surface area contributed by atoms with Gasteiger partial charge in [-0.2, -0.15) is 5.10 Å². The van der Waals surface area contributed by atoms with Crippen molar-refractivity contribution in [3.63, 3.8) is 0 Å². The maximum Gasteiger partial charge on any atom is 0.263 e. The van der Waals surface area contributed by atoms with Crippen LogP contribution in [0.1, 0.15) is 40.5 Å². The van der Waals surface area contributed by atoms with Gasteiger partial charge in [0.1, 0.15) is 22.4 Å². The van der Waals surface area contributed by atoms with Gasteiger partial charge in [0.15, 0.2) is 5.13 Å². The van der Waals surface area contributed by atoms with Crippen LogP contribution < -0.4 is 20.3 Å². The van der Waals surface area contributed by atoms with E-state index in [2.05, 4.69) is 26.7 Å². The number of rotatable bonds is 4. The normalized spacial score (nSPS) is 16.8. The molecule has 4 heterocycles. The van der Waals surface area contributed by atoms with Crippen LogP contribution in [0.25, 0.3) is 0 Å². The maximum absolute atomic E-state index is 12.6. The third kappa shape index (κ3) is 3.69. The zero-order valence-electron chi connectivity index (χ0n) is 18.5. The first-order valence-corrected chi connectivity index (χ1v) is 11.7. The van der Waals surface area contributed by atoms with Crippen molar-refractivity contribution in [1.29, 1.82) is 0 Å². The fourth-order valence-corrected chi connectivity index (χ4v) is 5.43. The minimum atomic E-state index is -0.291. The third-order valence-electron chi connectivity index (χ3n) is 5.75. The number of fused-ring (bicyclic) bond motifs is 2. The number of amides is 1. The van der Waals surface area contributed by atoms with Crippen LogP contribution in [-0.2, 0) is 20.0 Å². The number of halogens is 1. The summed E-state index contributed by atoms with van der Waals surface area (Å²) in [5, 5.41) is 12.3. The van der Waals surface area contributed by atoms with Crippen LogP contribution in [0.5, 0.6) is 5.75 Å². The molecular weight excluding hydrogens is 448 g/mol. The van der Waals surface area contributed by atoms with Gasteiger partial charge in [-0.05, 0) is 39.0 Å². The predicted octanol–water partition coefficient (Wildman–Crippen LogP) is 4.05. The summed E-state index contributed by atoms with van der Waals surface area (Å²) in [7, 11) is 1.84. The van der Waals surface area contributed by atoms with Crippen molar-refractivity contribution >= 4 is 45.4 Å². The van der Waals surface area contributed by atoms with Gasteiger partial charge in [0.25, 0.3) is 5.91 Å². The molecule has 2 aliphatic rings. The van der Waals surface area contributed by atoms with E-state index in [1.807, 2.05) is 40.0 Å². The van der Waals surface area contributed by atoms with Gasteiger partial charge in [-0.25, -0.2) is 4.98 Å². The van der Waals surface area contributed by atoms with Crippen molar-refractivity contribution in [3.05, 3.63) is 45.2 Å². The Balaban J connectivity index is 1.43. The van der Waals surface area contributed by atoms with Crippen LogP contribution in [0.3, 0.4) is 0 Å². The highest BCUT2D eigenvalue weighted by Crippen LogP contribution is 2.42. The van der Waals surface area contributed by atoms with E-state index in [1.54, 1.807) is 4.68 Å². The Hall–Kier alpha value is -2.78. The summed E-state index contributed by atoms with van der Waals surface area (Å²) in [4.78, 5) is 20.2. The molecule has 0 spiro atoms. The molecule has 0 radical (unpaired) electrons. The number of benzene rings is 1. The summed E-state index contributed by atoms with van der Waals surface area (Å²) in [5.41, 5.74) is 4.33. The number of hydrogen-bond acceptors (Lipinski definition) is 7. The molecule has 1 aromatic carbocycles. The Morgan fingerprint density at radius 3 is 2.94 bits per heavy atom. The van der Waals surface area contributed by atoms with Crippen LogP contribution in [0.15, 0.2) is 18.2 Å². The number of aromatic nitrogens is 3. The second-order valence-corrected chi connectivity index (χ2v) is 10.1. The van der Waals surface area contributed by atoms with E-state index in [0.717, 1.165) is 39.2 Å². The van der Waals surface area contributed by atoms with E-state index >= 15 is 0 Å². The molecule has 2 aliphatic heterocycles. The van der Waals surface area contributed by atoms with E-state index in [0.29, 0.717) is 36.1 Å². The second-order valence-electron chi connectivity index (χ2n) is 8.80. The summed E-state index contributed by atoms with van der Waals surface area (Å²) in [5.74, 6) is 0.753. The van der Waals surface area contributed by atoms with Crippen LogP contribution in [0, 0.1) is 6.92 Å². The summed E-state index contributed by atoms with van der Waals surface area (Å²) in [6.07, 6.45) is 0.717. The summed E-state index contributed by atoms with van der Waals surface area (Å²) in [6.45, 7) is 7.79. The molecule has 10 heteroatoms. The Kier molecular flexibility index (Phi) is 5.05. The maximum atomic E-state index is 12.6. The van der Waals surface area contributed by atoms with Crippen molar-refractivity contribution < 1.29 is 9.53 Å². The van der Waals surface area contributed by atoms with Crippen LogP contribution in [-0.4, -0.2) is 39.4 Å². The first kappa shape index (κ1) is 21.1. The quantitative estimate of drug-likeness (QED) is 0.596. The number of carbonyl (C=O) groups excluding carboxylic acids is 1. The Labute approximate surface area is 195 Å². The molecule has 32 heavy (non-hydrogen) atoms. The number of anilines is 3. The van der Waals surface area contributed by atoms with Gasteiger partial charge in [0.2, 0.25) is 0 Å². The van der Waals surface area contributed by atoms with E-state index in [4.69, 9.17) is 21.3 Å². The number of carbonyl (C=O) groups is 1. The fourth-order valence-electron chi connectivity index (χ4n) is 4.17. The summed E-state index contributed by atoms with van der Waals surface area (Å²) >= 11 is 7.81. The summed E-state index contributed by atoms with van der Waals surface area (Å²) in [6, 6.07) is 6.01. The lowest BCUT2D eigenvalue weighted by atomic mass is 9.94. The number of nitrogens with one attached hydrogen (secondary N) is 2. The van der Waals surface area contributed by atoms with Crippen molar-refractivity contribution in [3.8, 4) is 5.75 Å². The number of thiazole rings is 1. The van der Waals surface area contributed by atoms with Gasteiger partial charge >= 0.3 is 0 Å². The molecule has 2 aromatic heterocycles. The molecule has 0 bridgehead atoms. The monoisotopic (exact) mass is 472 g/mol. The smallest absolute Gasteiger partial charge is 0.263 e. The van der Waals surface area contributed by atoms with Gasteiger partial charge in [-0.3, -0.25) is 9.48 Å². The molecule has 0 atom stereocenters. The van der Waals surface area contributed by atoms with Crippen molar-refractivity contribution in [2.24, 2.45) is 7.05 Å². The first-order valence-electron chi connectivity index (χ1n) is 10.5. The lowest BCUT2D eigenvalue weighted by molar-refractivity contribution is 0.0901. The number of ether oxygens (including phenoxy) is 1. The number of hydrogen-bond donors (Lipinski definition) is 2. The van der Waals surface area contributed by atoms with Gasteiger partial charge in [-0.15, -0.1) is 0 Å². The SMILES string of the molecule is Cc1nn(C)c(Cl)c1CNc1ccc2c(c1)N(c1nc3c(s1)C(=O)NC(C)(C)C3)CCO2. The minimum Gasteiger partial charge on any atom is -0.490 e. The predicted molar refractivity (Wildman–Crippen MR) is 127 cm³/mol. The fraction of sp³-hybridized carbons (Fsp3) is 0.409. The van der Waals surface area contributed by atoms with Gasteiger partial charge in [0.05, 0.1) is 23.6 Å². The van der Waals surface area contributed by atoms with Gasteiger partial charge in [-0.1, -0.05) is 22.9 Å². The van der Waals surface area contributed by atoms with Crippen molar-refractivity contribution in [2.75, 3.05) is 23.4 Å². The van der Waals surface area contributed by atoms with Gasteiger partial charge < -0.3 is 20.3 Å². The van der Waals surface area contributed by atoms with Crippen LogP contribution in [0.4, 0.5) is 16.5 Å². The van der Waals surface area contributed by atoms with Crippen LogP contribution in [0.2, 0.25) is 5.15 Å². The zero-order chi connectivity index (χ0) is 22.6. The Bertz CT molecular complexity index is 1220. The molecule has 5 rings (SSSR count). The molecule has 0 fully saturated rings. The topological polar surface area (TPSA) is 84.3 Å². The van der Waals surface area contributed by atoms with E-state index < -0.39 is 0 Å². The number of aryl methyl sites for hydroxylation is 2. The van der Waals surface area contributed by atoms with E-state index in [-0.39, 0.29) is 11.4 Å². The highest BCUT2D eigenvalue weighted by molar-refractivity contribution is 7.17. The van der Waals surface area contributed by atoms with Crippen molar-refractivity contribution in [1.82, 2.24) is 20.1 Å². The molecule has 0 unspecified atom stereocenters. The molecule has 0 aliphatic carbocycles. The zero-order valence-corrected chi connectivity index (χ0v) is 20.0. The highest BCUT2D eigenvalue weighted by atomic mass is 35.5. The second kappa shape index (κ2) is 7.67. The number of nitrogens with zero attached hydrogens (tertiary/aromatic N) is 4. The molecular formula is C22H25ClN6O2S. The molecule has 168 valence electrons. The van der Waals surface area contributed by atoms with E-state index in [9.17, 15) is 4.79 Å². The molecule has 3 aromatic rings. The lowest BCUT2D eigenvalue weighted by Crippen LogP contribution is -2.48. The largest absolute Gasteiger partial charge is 0.490 e. The highest BCUT2D eigenvalue weighted by Gasteiger charge is 2.34. The Morgan fingerprint density at radius 1 is 1.38 bits per heavy atom. The molecule has 0 saturated carbocycles. The molecule has 8 nitrogen and oxygen atoms in total. The third-order valence-corrected chi connectivity index (χ3v) is 7.34. The lowest BCUT2D eigenvalue weighted by Gasteiger charge is -2.30. The molecule has 0 saturated heterocycles. The first-order chi connectivity index (χ1) is 15.2. The summed E-state index contributed by atoms with van der Waals surface area (Å²) < 4.78 is 7.56. The average molecular weight is 473 g/mol. The molecule has 1 amide bonds. The van der Waals surface area contributed by atoms with E-state index in [1.165, 1.54) is 11.3 Å².